The first kappa shape index (κ1) is 23.0. The number of rotatable bonds is 6. The van der Waals surface area contributed by atoms with Crippen molar-refractivity contribution in [2.75, 3.05) is 6.26 Å². The smallest absolute Gasteiger partial charge is 0.175 e. The van der Waals surface area contributed by atoms with E-state index >= 15 is 0 Å². The molecule has 0 amide bonds. The predicted octanol–water partition coefficient (Wildman–Crippen LogP) is 5.40. The zero-order chi connectivity index (χ0) is 23.8. The van der Waals surface area contributed by atoms with Crippen molar-refractivity contribution >= 4 is 9.84 Å². The number of aryl methyl sites for hydroxylation is 1. The van der Waals surface area contributed by atoms with Gasteiger partial charge < -0.3 is 5.11 Å². The van der Waals surface area contributed by atoms with E-state index in [0.717, 1.165) is 34.6 Å². The number of benzene rings is 3. The highest BCUT2D eigenvalue weighted by Crippen LogP contribution is 2.31. The second-order valence-corrected chi connectivity index (χ2v) is 10.8. The van der Waals surface area contributed by atoms with Gasteiger partial charge in [-0.15, -0.1) is 0 Å². The first-order valence-electron chi connectivity index (χ1n) is 10.9. The number of hydrogen-bond acceptors (Lipinski definition) is 4. The van der Waals surface area contributed by atoms with Crippen LogP contribution in [-0.4, -0.2) is 29.3 Å². The van der Waals surface area contributed by atoms with E-state index in [2.05, 4.69) is 19.1 Å². The van der Waals surface area contributed by atoms with Gasteiger partial charge >= 0.3 is 0 Å². The Morgan fingerprint density at radius 1 is 0.939 bits per heavy atom. The molecule has 0 radical (unpaired) electrons. The number of aromatic nitrogens is 2. The summed E-state index contributed by atoms with van der Waals surface area (Å²) in [6.45, 7) is 5.57. The van der Waals surface area contributed by atoms with Gasteiger partial charge in [0, 0.05) is 23.7 Å². The van der Waals surface area contributed by atoms with E-state index in [1.807, 2.05) is 53.2 Å². The van der Waals surface area contributed by atoms with E-state index < -0.39 is 15.4 Å². The molecule has 0 saturated heterocycles. The van der Waals surface area contributed by atoms with Crippen LogP contribution >= 0.6 is 0 Å². The van der Waals surface area contributed by atoms with E-state index in [-0.39, 0.29) is 0 Å². The Labute approximate surface area is 195 Å². The highest BCUT2D eigenvalue weighted by molar-refractivity contribution is 7.90. The van der Waals surface area contributed by atoms with E-state index in [1.54, 1.807) is 32.0 Å². The standard InChI is InChI=1S/C27H28N2O3S/c1-5-19-9-6-7-12-24(19)26-28-25(27(2,3)30)18-29(26)22-15-13-20(14-16-22)21-10-8-11-23(17-21)33(4,31)32/h6-18,30H,5H2,1-4H3. The summed E-state index contributed by atoms with van der Waals surface area (Å²) in [5, 5.41) is 10.6. The minimum atomic E-state index is -3.27. The molecule has 5 nitrogen and oxygen atoms in total. The molecule has 170 valence electrons. The summed E-state index contributed by atoms with van der Waals surface area (Å²) in [6.07, 6.45) is 3.96. The fourth-order valence-electron chi connectivity index (χ4n) is 3.83. The summed E-state index contributed by atoms with van der Waals surface area (Å²) in [5.41, 5.74) is 4.38. The van der Waals surface area contributed by atoms with Crippen LogP contribution in [0.25, 0.3) is 28.2 Å². The molecular weight excluding hydrogens is 432 g/mol. The zero-order valence-corrected chi connectivity index (χ0v) is 20.1. The summed E-state index contributed by atoms with van der Waals surface area (Å²) < 4.78 is 25.9. The fraction of sp³-hybridized carbons (Fsp3) is 0.222. The number of hydrogen-bond donors (Lipinski definition) is 1. The normalized spacial score (nSPS) is 12.2. The van der Waals surface area contributed by atoms with E-state index in [9.17, 15) is 13.5 Å². The maximum Gasteiger partial charge on any atom is 0.175 e. The third-order valence-corrected chi connectivity index (χ3v) is 6.82. The maximum absolute atomic E-state index is 11.9. The van der Waals surface area contributed by atoms with Crippen molar-refractivity contribution in [3.8, 4) is 28.2 Å². The topological polar surface area (TPSA) is 72.2 Å². The zero-order valence-electron chi connectivity index (χ0n) is 19.3. The Kier molecular flexibility index (Phi) is 5.99. The summed E-state index contributed by atoms with van der Waals surface area (Å²) in [5.74, 6) is 0.774. The highest BCUT2D eigenvalue weighted by atomic mass is 32.2. The molecular formula is C27H28N2O3S. The number of imidazole rings is 1. The number of nitrogens with zero attached hydrogens (tertiary/aromatic N) is 2. The first-order valence-corrected chi connectivity index (χ1v) is 12.8. The largest absolute Gasteiger partial charge is 0.384 e. The monoisotopic (exact) mass is 460 g/mol. The molecule has 0 aliphatic carbocycles. The molecule has 0 saturated carbocycles. The third-order valence-electron chi connectivity index (χ3n) is 5.71. The average Bonchev–Trinajstić information content (AvgIpc) is 3.25. The van der Waals surface area contributed by atoms with E-state index in [0.29, 0.717) is 10.6 Å². The molecule has 4 aromatic rings. The number of aliphatic hydroxyl groups is 1. The molecule has 1 aromatic heterocycles. The van der Waals surface area contributed by atoms with Crippen LogP contribution in [0.1, 0.15) is 32.0 Å². The van der Waals surface area contributed by atoms with Crippen molar-refractivity contribution in [3.05, 3.63) is 90.3 Å². The summed E-state index contributed by atoms with van der Waals surface area (Å²) in [4.78, 5) is 5.10. The Bertz CT molecular complexity index is 1400. The van der Waals surface area contributed by atoms with Gasteiger partial charge in [-0.3, -0.25) is 4.57 Å². The molecule has 3 aromatic carbocycles. The lowest BCUT2D eigenvalue weighted by molar-refractivity contribution is 0.0743. The van der Waals surface area contributed by atoms with Crippen molar-refractivity contribution in [2.45, 2.75) is 37.7 Å². The molecule has 0 aliphatic rings. The molecule has 4 rings (SSSR count). The lowest BCUT2D eigenvalue weighted by atomic mass is 10.0. The van der Waals surface area contributed by atoms with Gasteiger partial charge in [-0.2, -0.15) is 0 Å². The Balaban J connectivity index is 1.81. The minimum Gasteiger partial charge on any atom is -0.384 e. The van der Waals surface area contributed by atoms with Gasteiger partial charge in [0.15, 0.2) is 9.84 Å². The lowest BCUT2D eigenvalue weighted by Gasteiger charge is -2.13. The van der Waals surface area contributed by atoms with E-state index in [4.69, 9.17) is 4.98 Å². The van der Waals surface area contributed by atoms with Crippen molar-refractivity contribution < 1.29 is 13.5 Å². The maximum atomic E-state index is 11.9. The lowest BCUT2D eigenvalue weighted by Crippen LogP contribution is -2.15. The molecule has 1 heterocycles. The minimum absolute atomic E-state index is 0.298. The second kappa shape index (κ2) is 8.61. The van der Waals surface area contributed by atoms with Crippen molar-refractivity contribution in [2.24, 2.45) is 0 Å². The second-order valence-electron chi connectivity index (χ2n) is 8.74. The van der Waals surface area contributed by atoms with Gasteiger partial charge in [0.1, 0.15) is 11.4 Å². The molecule has 0 aliphatic heterocycles. The molecule has 6 heteroatoms. The first-order chi connectivity index (χ1) is 15.6. The Morgan fingerprint density at radius 3 is 2.27 bits per heavy atom. The van der Waals surface area contributed by atoms with Gasteiger partial charge in [0.2, 0.25) is 0 Å². The molecule has 0 atom stereocenters. The number of sulfone groups is 1. The fourth-order valence-corrected chi connectivity index (χ4v) is 4.50. The van der Waals surface area contributed by atoms with Crippen LogP contribution in [0.5, 0.6) is 0 Å². The van der Waals surface area contributed by atoms with Gasteiger partial charge in [-0.25, -0.2) is 13.4 Å². The van der Waals surface area contributed by atoms with Gasteiger partial charge in [0.25, 0.3) is 0 Å². The summed E-state index contributed by atoms with van der Waals surface area (Å²) in [6, 6.07) is 23.0. The Hall–Kier alpha value is -3.22. The van der Waals surface area contributed by atoms with Crippen LogP contribution in [0.4, 0.5) is 0 Å². The van der Waals surface area contributed by atoms with Crippen LogP contribution in [0.3, 0.4) is 0 Å². The SMILES string of the molecule is CCc1ccccc1-c1nc(C(C)(C)O)cn1-c1ccc(-c2cccc(S(C)(=O)=O)c2)cc1. The molecule has 1 N–H and O–H groups in total. The average molecular weight is 461 g/mol. The quantitative estimate of drug-likeness (QED) is 0.418. The molecule has 0 fully saturated rings. The van der Waals surface area contributed by atoms with Gasteiger partial charge in [0.05, 0.1) is 10.6 Å². The molecule has 0 unspecified atom stereocenters. The third kappa shape index (κ3) is 4.77. The van der Waals surface area contributed by atoms with Crippen LogP contribution in [-0.2, 0) is 21.9 Å². The molecule has 33 heavy (non-hydrogen) atoms. The Morgan fingerprint density at radius 2 is 1.64 bits per heavy atom. The highest BCUT2D eigenvalue weighted by Gasteiger charge is 2.23. The van der Waals surface area contributed by atoms with Crippen molar-refractivity contribution in [1.82, 2.24) is 9.55 Å². The van der Waals surface area contributed by atoms with Crippen molar-refractivity contribution in [1.29, 1.82) is 0 Å². The van der Waals surface area contributed by atoms with Crippen molar-refractivity contribution in [3.63, 3.8) is 0 Å². The van der Waals surface area contributed by atoms with Crippen LogP contribution in [0.2, 0.25) is 0 Å². The molecule has 0 spiro atoms. The summed E-state index contributed by atoms with van der Waals surface area (Å²) >= 11 is 0. The molecule has 0 bridgehead atoms. The van der Waals surface area contributed by atoms with Gasteiger partial charge in [-0.05, 0) is 61.2 Å². The summed E-state index contributed by atoms with van der Waals surface area (Å²) in [7, 11) is -3.27. The van der Waals surface area contributed by atoms with Crippen LogP contribution in [0.15, 0.2) is 83.9 Å². The predicted molar refractivity (Wildman–Crippen MR) is 132 cm³/mol. The van der Waals surface area contributed by atoms with Crippen LogP contribution < -0.4 is 0 Å². The van der Waals surface area contributed by atoms with Gasteiger partial charge in [-0.1, -0.05) is 55.5 Å². The van der Waals surface area contributed by atoms with E-state index in [1.165, 1.54) is 11.8 Å². The van der Waals surface area contributed by atoms with Crippen LogP contribution in [0, 0.1) is 0 Å².